The highest BCUT2D eigenvalue weighted by Gasteiger charge is 2.42. The molecule has 3 aromatic carbocycles. The van der Waals surface area contributed by atoms with Crippen LogP contribution in [0.5, 0.6) is 5.75 Å². The average Bonchev–Trinajstić information content (AvgIpc) is 2.84. The van der Waals surface area contributed by atoms with Gasteiger partial charge in [0, 0.05) is 6.61 Å². The normalized spacial score (nSPS) is 18.6. The minimum Gasteiger partial charge on any atom is -0.429 e. The van der Waals surface area contributed by atoms with Crippen LogP contribution >= 0.6 is 0 Å². The molecule has 3 aromatic rings. The van der Waals surface area contributed by atoms with Crippen LogP contribution < -0.4 is 4.74 Å². The van der Waals surface area contributed by atoms with Gasteiger partial charge in [-0.15, -0.1) is 0 Å². The summed E-state index contributed by atoms with van der Waals surface area (Å²) in [6.07, 6.45) is -12.7. The first kappa shape index (κ1) is 29.8. The summed E-state index contributed by atoms with van der Waals surface area (Å²) in [5.41, 5.74) is -0.954. The molecule has 0 aliphatic carbocycles. The summed E-state index contributed by atoms with van der Waals surface area (Å²) in [6.45, 7) is 7.24. The Kier molecular flexibility index (Phi) is 7.97. The van der Waals surface area contributed by atoms with Crippen LogP contribution in [-0.4, -0.2) is 6.61 Å². The molecule has 1 aliphatic rings. The highest BCUT2D eigenvalue weighted by Crippen LogP contribution is 2.44. The van der Waals surface area contributed by atoms with Crippen molar-refractivity contribution < 1.29 is 44.6 Å². The van der Waals surface area contributed by atoms with Gasteiger partial charge in [-0.2, -0.15) is 35.1 Å². The number of rotatable bonds is 5. The fourth-order valence-electron chi connectivity index (χ4n) is 5.16. The molecule has 10 heteroatoms. The fourth-order valence-corrected chi connectivity index (χ4v) is 5.16. The van der Waals surface area contributed by atoms with E-state index in [2.05, 4.69) is 11.7 Å². The van der Waals surface area contributed by atoms with Gasteiger partial charge >= 0.3 is 18.5 Å². The molecule has 4 rings (SSSR count). The van der Waals surface area contributed by atoms with E-state index in [-0.39, 0.29) is 18.2 Å². The van der Waals surface area contributed by atoms with Crippen LogP contribution in [0, 0.1) is 26.7 Å². The van der Waals surface area contributed by atoms with Crippen LogP contribution in [0.3, 0.4) is 0 Å². The Bertz CT molecular complexity index is 1310. The Labute approximate surface area is 226 Å². The molecule has 0 saturated carbocycles. The van der Waals surface area contributed by atoms with E-state index in [1.165, 1.54) is 12.1 Å². The maximum atomic E-state index is 15.0. The maximum absolute atomic E-state index is 15.0. The lowest BCUT2D eigenvalue weighted by molar-refractivity contribution is -0.186. The van der Waals surface area contributed by atoms with E-state index in [0.29, 0.717) is 25.0 Å². The van der Waals surface area contributed by atoms with E-state index in [4.69, 9.17) is 4.74 Å². The summed E-state index contributed by atoms with van der Waals surface area (Å²) in [7, 11) is 0. The third-order valence-electron chi connectivity index (χ3n) is 7.18. The quantitative estimate of drug-likeness (QED) is 0.283. The predicted octanol–water partition coefficient (Wildman–Crippen LogP) is 9.93. The molecule has 0 spiro atoms. The van der Waals surface area contributed by atoms with Crippen molar-refractivity contribution in [3.63, 3.8) is 0 Å². The van der Waals surface area contributed by atoms with Crippen molar-refractivity contribution in [1.29, 1.82) is 0 Å². The van der Waals surface area contributed by atoms with Gasteiger partial charge in [0.2, 0.25) is 0 Å². The lowest BCUT2D eigenvalue weighted by Crippen LogP contribution is -2.23. The monoisotopic (exact) mass is 572 g/mol. The number of hydrogen-bond acceptors (Lipinski definition) is 2. The molecule has 40 heavy (non-hydrogen) atoms. The van der Waals surface area contributed by atoms with Gasteiger partial charge in [-0.05, 0) is 97.2 Å². The number of halogens is 8. The number of aryl methyl sites for hydroxylation is 2. The number of ether oxygens (including phenoxy) is 2. The third kappa shape index (κ3) is 6.27. The number of benzene rings is 3. The van der Waals surface area contributed by atoms with Gasteiger partial charge in [0.05, 0.1) is 22.8 Å². The van der Waals surface area contributed by atoms with Crippen molar-refractivity contribution in [2.45, 2.75) is 65.1 Å². The number of hydrogen-bond donors (Lipinski definition) is 0. The molecule has 1 aliphatic heterocycles. The second kappa shape index (κ2) is 10.7. The van der Waals surface area contributed by atoms with E-state index in [1.807, 2.05) is 26.0 Å². The van der Waals surface area contributed by atoms with E-state index < -0.39 is 46.5 Å². The van der Waals surface area contributed by atoms with Crippen LogP contribution in [0.2, 0.25) is 0 Å². The molecule has 2 nitrogen and oxygen atoms in total. The van der Waals surface area contributed by atoms with Gasteiger partial charge in [0.25, 0.3) is 0 Å². The zero-order valence-electron chi connectivity index (χ0n) is 22.2. The molecule has 1 saturated heterocycles. The summed E-state index contributed by atoms with van der Waals surface area (Å²) in [4.78, 5) is 0. The SMILES string of the molecule is Cc1cc(C2CCC(C)CO2)cc(C)c1-c1ccc(C(F)(F)Oc2cc(C(F)(F)F)c(C)c(C(F)(F)F)c2)cc1. The van der Waals surface area contributed by atoms with E-state index in [1.54, 1.807) is 0 Å². The van der Waals surface area contributed by atoms with Crippen molar-refractivity contribution in [1.82, 2.24) is 0 Å². The molecule has 0 N–H and O–H groups in total. The largest absolute Gasteiger partial charge is 0.429 e. The van der Waals surface area contributed by atoms with E-state index in [9.17, 15) is 35.1 Å². The summed E-state index contributed by atoms with van der Waals surface area (Å²) in [5.74, 6) is -0.747. The Morgan fingerprint density at radius 1 is 0.750 bits per heavy atom. The summed E-state index contributed by atoms with van der Waals surface area (Å²) in [6, 6.07) is 9.21. The van der Waals surface area contributed by atoms with Crippen LogP contribution in [0.1, 0.15) is 64.8 Å². The van der Waals surface area contributed by atoms with Crippen LogP contribution in [0.4, 0.5) is 35.1 Å². The molecule has 0 bridgehead atoms. The van der Waals surface area contributed by atoms with Crippen molar-refractivity contribution in [3.8, 4) is 16.9 Å². The highest BCUT2D eigenvalue weighted by atomic mass is 19.4. The van der Waals surface area contributed by atoms with Gasteiger partial charge in [-0.25, -0.2) is 0 Å². The first-order chi connectivity index (χ1) is 18.5. The lowest BCUT2D eigenvalue weighted by atomic mass is 9.89. The summed E-state index contributed by atoms with van der Waals surface area (Å²) < 4.78 is 120. The van der Waals surface area contributed by atoms with Crippen molar-refractivity contribution >= 4 is 0 Å². The molecule has 1 fully saturated rings. The minimum atomic E-state index is -5.20. The Balaban J connectivity index is 1.61. The first-order valence-corrected chi connectivity index (χ1v) is 12.7. The molecule has 1 heterocycles. The fraction of sp³-hybridized carbons (Fsp3) is 0.400. The van der Waals surface area contributed by atoms with E-state index >= 15 is 0 Å². The van der Waals surface area contributed by atoms with Gasteiger partial charge in [0.1, 0.15) is 5.75 Å². The second-order valence-electron chi connectivity index (χ2n) is 10.4. The highest BCUT2D eigenvalue weighted by molar-refractivity contribution is 5.71. The summed E-state index contributed by atoms with van der Waals surface area (Å²) in [5, 5.41) is 0. The maximum Gasteiger partial charge on any atom is 0.426 e. The lowest BCUT2D eigenvalue weighted by Gasteiger charge is -2.28. The van der Waals surface area contributed by atoms with Crippen LogP contribution in [-0.2, 0) is 23.2 Å². The van der Waals surface area contributed by atoms with Gasteiger partial charge in [-0.1, -0.05) is 31.2 Å². The topological polar surface area (TPSA) is 18.5 Å². The molecule has 2 unspecified atom stereocenters. The molecule has 0 amide bonds. The van der Waals surface area contributed by atoms with Gasteiger partial charge in [-0.3, -0.25) is 0 Å². The van der Waals surface area contributed by atoms with Gasteiger partial charge in [0.15, 0.2) is 0 Å². The second-order valence-corrected chi connectivity index (χ2v) is 10.4. The Hall–Kier alpha value is -3.14. The molecule has 2 atom stereocenters. The molecule has 0 radical (unpaired) electrons. The summed E-state index contributed by atoms with van der Waals surface area (Å²) >= 11 is 0. The molecular formula is C30H28F8O2. The van der Waals surface area contributed by atoms with Crippen molar-refractivity contribution in [3.05, 3.63) is 87.5 Å². The Morgan fingerprint density at radius 2 is 1.27 bits per heavy atom. The first-order valence-electron chi connectivity index (χ1n) is 12.7. The zero-order valence-corrected chi connectivity index (χ0v) is 22.2. The van der Waals surface area contributed by atoms with Crippen molar-refractivity contribution in [2.75, 3.05) is 6.61 Å². The molecular weight excluding hydrogens is 544 g/mol. The smallest absolute Gasteiger partial charge is 0.426 e. The molecule has 0 aromatic heterocycles. The van der Waals surface area contributed by atoms with Crippen molar-refractivity contribution in [2.24, 2.45) is 5.92 Å². The third-order valence-corrected chi connectivity index (χ3v) is 7.18. The zero-order chi connectivity index (χ0) is 29.6. The minimum absolute atomic E-state index is 0.0154. The van der Waals surface area contributed by atoms with Gasteiger partial charge < -0.3 is 9.47 Å². The standard InChI is InChI=1S/C30H28F8O2/c1-16-5-10-26(39-15-16)21-11-17(2)27(18(3)12-21)20-6-8-22(9-7-20)30(37,38)40-23-13-24(28(31,32)33)19(4)25(14-23)29(34,35)36/h6-9,11-14,16,26H,5,10,15H2,1-4H3. The van der Waals surface area contributed by atoms with E-state index in [0.717, 1.165) is 47.2 Å². The molecule has 216 valence electrons. The predicted molar refractivity (Wildman–Crippen MR) is 134 cm³/mol. The van der Waals surface area contributed by atoms with Crippen LogP contribution in [0.15, 0.2) is 48.5 Å². The van der Waals surface area contributed by atoms with Crippen LogP contribution in [0.25, 0.3) is 11.1 Å². The Morgan fingerprint density at radius 3 is 1.73 bits per heavy atom. The number of alkyl halides is 8. The average molecular weight is 573 g/mol.